The van der Waals surface area contributed by atoms with Crippen LogP contribution in [0.5, 0.6) is 11.5 Å². The molecule has 6 atom stereocenters. The van der Waals surface area contributed by atoms with Crippen LogP contribution >= 0.6 is 0 Å². The average molecular weight is 687 g/mol. The highest BCUT2D eigenvalue weighted by Gasteiger charge is 2.32. The number of carbonyl (C=O) groups excluding carboxylic acids is 5. The Balaban J connectivity index is 2.04. The molecule has 1 heterocycles. The monoisotopic (exact) mass is 686 g/mol. The second kappa shape index (κ2) is 18.2. The van der Waals surface area contributed by atoms with Crippen LogP contribution in [0.15, 0.2) is 36.4 Å². The average Bonchev–Trinajstić information content (AvgIpc) is 3.08. The number of benzene rings is 2. The molecule has 2 aromatic carbocycles. The number of aromatic hydroxyl groups is 2. The number of Topliss-reactive ketones (excluding diaryl/α,β-unsaturated/α-hetero) is 1. The van der Waals surface area contributed by atoms with Crippen molar-refractivity contribution < 1.29 is 44.4 Å². The normalized spacial score (nSPS) is 20.0. The first-order valence-corrected chi connectivity index (χ1v) is 15.8. The summed E-state index contributed by atoms with van der Waals surface area (Å²) in [5.41, 5.74) is 24.6. The van der Waals surface area contributed by atoms with Gasteiger partial charge in [0, 0.05) is 25.8 Å². The summed E-state index contributed by atoms with van der Waals surface area (Å²) in [5, 5.41) is 50.7. The largest absolute Gasteiger partial charge is 0.508 e. The number of rotatable bonds is 13. The minimum atomic E-state index is -1.45. The number of amides is 4. The molecule has 1 aliphatic heterocycles. The summed E-state index contributed by atoms with van der Waals surface area (Å²) in [6, 6.07) is 2.74. The second-order valence-corrected chi connectivity index (χ2v) is 11.9. The number of hydrogen-bond donors (Lipinski definition) is 12. The number of phenolic OH excluding ortho intramolecular Hbond substituents is 2. The van der Waals surface area contributed by atoms with E-state index in [4.69, 9.17) is 28.0 Å². The van der Waals surface area contributed by atoms with Gasteiger partial charge in [-0.15, -0.1) is 0 Å². The predicted molar refractivity (Wildman–Crippen MR) is 177 cm³/mol. The summed E-state index contributed by atoms with van der Waals surface area (Å²) in [7, 11) is 0. The maximum Gasteiger partial charge on any atom is 0.243 e. The van der Waals surface area contributed by atoms with Crippen molar-refractivity contribution in [2.75, 3.05) is 26.2 Å². The number of ketones is 1. The van der Waals surface area contributed by atoms with Gasteiger partial charge >= 0.3 is 0 Å². The van der Waals surface area contributed by atoms with Crippen LogP contribution in [-0.4, -0.2) is 112 Å². The summed E-state index contributed by atoms with van der Waals surface area (Å²) < 4.78 is 0. The molecule has 4 amide bonds. The minimum absolute atomic E-state index is 0.0537. The lowest BCUT2D eigenvalue weighted by Gasteiger charge is -2.27. The van der Waals surface area contributed by atoms with Gasteiger partial charge in [-0.2, -0.15) is 0 Å². The topological polar surface area (TPSA) is 318 Å². The van der Waals surface area contributed by atoms with Crippen molar-refractivity contribution in [1.29, 1.82) is 0 Å². The van der Waals surface area contributed by atoms with Crippen molar-refractivity contribution in [3.05, 3.63) is 47.5 Å². The van der Waals surface area contributed by atoms with E-state index in [1.807, 2.05) is 0 Å². The Bertz CT molecular complexity index is 1510. The van der Waals surface area contributed by atoms with Gasteiger partial charge in [-0.25, -0.2) is 0 Å². The van der Waals surface area contributed by atoms with Crippen LogP contribution in [0.25, 0.3) is 11.1 Å². The number of phenols is 2. The predicted octanol–water partition coefficient (Wildman–Crippen LogP) is -3.90. The molecule has 0 radical (unpaired) electrons. The summed E-state index contributed by atoms with van der Waals surface area (Å²) in [4.78, 5) is 65.8. The fourth-order valence-electron chi connectivity index (χ4n) is 5.16. The molecule has 0 saturated carbocycles. The zero-order valence-electron chi connectivity index (χ0n) is 26.9. The van der Waals surface area contributed by atoms with Gasteiger partial charge in [0.15, 0.2) is 5.78 Å². The summed E-state index contributed by atoms with van der Waals surface area (Å²) in [6.45, 7) is -1.22. The Kier molecular flexibility index (Phi) is 14.4. The highest BCUT2D eigenvalue weighted by molar-refractivity contribution is 5.96. The van der Waals surface area contributed by atoms with Crippen molar-refractivity contribution in [1.82, 2.24) is 21.3 Å². The molecule has 0 saturated heterocycles. The number of carbonyl (C=O) groups is 5. The molecule has 2 aromatic rings. The van der Waals surface area contributed by atoms with E-state index in [0.29, 0.717) is 23.1 Å². The molecule has 4 bridgehead atoms. The molecule has 0 aromatic heterocycles. The Hall–Kier alpha value is -4.65. The number of nitrogens with one attached hydrogen (secondary N) is 4. The molecule has 0 spiro atoms. The molecule has 0 fully saturated rings. The Morgan fingerprint density at radius 1 is 0.939 bits per heavy atom. The van der Waals surface area contributed by atoms with Gasteiger partial charge in [-0.1, -0.05) is 12.1 Å². The van der Waals surface area contributed by atoms with Gasteiger partial charge in [-0.3, -0.25) is 24.0 Å². The van der Waals surface area contributed by atoms with E-state index in [0.717, 1.165) is 0 Å². The summed E-state index contributed by atoms with van der Waals surface area (Å²) in [6.07, 6.45) is -1.63. The fraction of sp³-hybridized carbons (Fsp3) is 0.469. The highest BCUT2D eigenvalue weighted by atomic mass is 16.3. The SMILES string of the molecule is NCCC[C@H](NC(=O)[C@@H]1Cc2cc(ccc2O)-c2ccc(O)c(c2)C[C@H](N)C(=O)N[C@@H](C[C@@H](O)CN)C(=O)N1)C(=O)NCC(=O)[C@@H](N)CO. The summed E-state index contributed by atoms with van der Waals surface area (Å²) >= 11 is 0. The van der Waals surface area contributed by atoms with E-state index in [2.05, 4.69) is 21.3 Å². The Labute approximate surface area is 282 Å². The molecule has 16 N–H and O–H groups in total. The molecule has 3 rings (SSSR count). The van der Waals surface area contributed by atoms with E-state index in [-0.39, 0.29) is 55.8 Å². The quantitative estimate of drug-likeness (QED) is 0.0960. The first kappa shape index (κ1) is 38.8. The van der Waals surface area contributed by atoms with Crippen LogP contribution in [0.4, 0.5) is 0 Å². The molecule has 1 aliphatic rings. The van der Waals surface area contributed by atoms with E-state index in [1.165, 1.54) is 12.1 Å². The van der Waals surface area contributed by atoms with Crippen LogP contribution in [0.3, 0.4) is 0 Å². The van der Waals surface area contributed by atoms with Gasteiger partial charge in [0.2, 0.25) is 23.6 Å². The molecule has 17 heteroatoms. The highest BCUT2D eigenvalue weighted by Crippen LogP contribution is 2.31. The van der Waals surface area contributed by atoms with Crippen LogP contribution in [0, 0.1) is 0 Å². The first-order valence-electron chi connectivity index (χ1n) is 15.8. The van der Waals surface area contributed by atoms with Crippen LogP contribution < -0.4 is 44.2 Å². The maximum atomic E-state index is 13.9. The molecular weight excluding hydrogens is 640 g/mol. The lowest BCUT2D eigenvalue weighted by Crippen LogP contribution is -2.59. The lowest BCUT2D eigenvalue weighted by atomic mass is 9.95. The Morgan fingerprint density at radius 3 is 2.12 bits per heavy atom. The number of hydrogen-bond acceptors (Lipinski definition) is 13. The van der Waals surface area contributed by atoms with E-state index in [1.54, 1.807) is 24.3 Å². The van der Waals surface area contributed by atoms with Crippen molar-refractivity contribution in [3.8, 4) is 22.6 Å². The molecule has 268 valence electrons. The fourth-order valence-corrected chi connectivity index (χ4v) is 5.16. The van der Waals surface area contributed by atoms with Gasteiger partial charge in [0.25, 0.3) is 0 Å². The third-order valence-electron chi connectivity index (χ3n) is 8.12. The van der Waals surface area contributed by atoms with Crippen LogP contribution in [-0.2, 0) is 36.8 Å². The molecule has 0 unspecified atom stereocenters. The van der Waals surface area contributed by atoms with Gasteiger partial charge in [0.1, 0.15) is 29.6 Å². The van der Waals surface area contributed by atoms with Gasteiger partial charge in [0.05, 0.1) is 31.3 Å². The van der Waals surface area contributed by atoms with Crippen LogP contribution in [0.2, 0.25) is 0 Å². The molecule has 0 aliphatic carbocycles. The summed E-state index contributed by atoms with van der Waals surface area (Å²) in [5.74, 6) is -4.24. The number of fused-ring (bicyclic) bond motifs is 5. The second-order valence-electron chi connectivity index (χ2n) is 11.9. The molecule has 17 nitrogen and oxygen atoms in total. The van der Waals surface area contributed by atoms with Gasteiger partial charge < -0.3 is 64.6 Å². The standard InChI is InChI=1S/C32H46N8O9/c33-7-1-2-23(30(47)37-14-28(45)22(36)15-41)38-31(48)24-11-19-9-17(4-6-27(19)44)16-3-5-26(43)18(8-16)10-21(35)29(46)39-25(32(49)40-24)12-20(42)13-34/h3-6,8-9,20-25,41-44H,1-2,7,10-15,33-36H2,(H,37,47)(H,38,48)(H,39,46)(H,40,49)/t20-,21+,22+,23+,24+,25+/m1/s1. The van der Waals surface area contributed by atoms with E-state index >= 15 is 0 Å². The zero-order chi connectivity index (χ0) is 36.2. The number of nitrogens with two attached hydrogens (primary N) is 4. The third kappa shape index (κ3) is 10.9. The zero-order valence-corrected chi connectivity index (χ0v) is 26.9. The Morgan fingerprint density at radius 2 is 1.55 bits per heavy atom. The smallest absolute Gasteiger partial charge is 0.243 e. The molecular formula is C32H46N8O9. The van der Waals surface area contributed by atoms with Crippen molar-refractivity contribution in [2.45, 2.75) is 68.4 Å². The maximum absolute atomic E-state index is 13.9. The molecule has 49 heavy (non-hydrogen) atoms. The van der Waals surface area contributed by atoms with E-state index < -0.39 is 78.9 Å². The lowest BCUT2D eigenvalue weighted by molar-refractivity contribution is -0.134. The van der Waals surface area contributed by atoms with Crippen LogP contribution in [0.1, 0.15) is 30.4 Å². The first-order chi connectivity index (χ1) is 23.3. The van der Waals surface area contributed by atoms with Gasteiger partial charge in [-0.05, 0) is 65.9 Å². The van der Waals surface area contributed by atoms with Crippen molar-refractivity contribution in [2.24, 2.45) is 22.9 Å². The third-order valence-corrected chi connectivity index (χ3v) is 8.12. The minimum Gasteiger partial charge on any atom is -0.508 e. The van der Waals surface area contributed by atoms with E-state index in [9.17, 15) is 39.3 Å². The number of aliphatic hydroxyl groups is 2. The van der Waals surface area contributed by atoms with Crippen molar-refractivity contribution >= 4 is 29.4 Å². The number of aliphatic hydroxyl groups excluding tert-OH is 2. The van der Waals surface area contributed by atoms with Crippen molar-refractivity contribution in [3.63, 3.8) is 0 Å².